The van der Waals surface area contributed by atoms with Gasteiger partial charge in [-0.1, -0.05) is 6.92 Å². The van der Waals surface area contributed by atoms with Crippen LogP contribution in [0.1, 0.15) is 24.2 Å². The molecule has 0 spiro atoms. The molecule has 0 bridgehead atoms. The molecule has 0 aliphatic carbocycles. The Labute approximate surface area is 124 Å². The Morgan fingerprint density at radius 2 is 2.00 bits per heavy atom. The first-order chi connectivity index (χ1) is 9.88. The summed E-state index contributed by atoms with van der Waals surface area (Å²) >= 11 is 0. The summed E-state index contributed by atoms with van der Waals surface area (Å²) in [6.45, 7) is 4.33. The molecule has 1 aromatic rings. The van der Waals surface area contributed by atoms with E-state index in [0.29, 0.717) is 30.2 Å². The number of hydrogen-bond acceptors (Lipinski definition) is 5. The van der Waals surface area contributed by atoms with E-state index in [4.69, 9.17) is 10.5 Å². The number of carbonyl (C=O) groups excluding carboxylic acids is 1. The van der Waals surface area contributed by atoms with E-state index in [1.165, 1.54) is 6.07 Å². The van der Waals surface area contributed by atoms with Crippen molar-refractivity contribution in [1.29, 1.82) is 0 Å². The zero-order valence-corrected chi connectivity index (χ0v) is 13.0. The summed E-state index contributed by atoms with van der Waals surface area (Å²) in [6.07, 6.45) is 0. The predicted octanol–water partition coefficient (Wildman–Crippen LogP) is 0.337. The van der Waals surface area contributed by atoms with Crippen LogP contribution in [-0.2, 0) is 10.0 Å². The van der Waals surface area contributed by atoms with Crippen molar-refractivity contribution in [3.63, 3.8) is 0 Å². The Bertz CT molecular complexity index is 587. The quantitative estimate of drug-likeness (QED) is 0.599. The van der Waals surface area contributed by atoms with Gasteiger partial charge in [-0.25, -0.2) is 13.1 Å². The summed E-state index contributed by atoms with van der Waals surface area (Å²) in [5.41, 5.74) is 6.44. The van der Waals surface area contributed by atoms with Crippen molar-refractivity contribution in [3.05, 3.63) is 23.8 Å². The molecule has 0 saturated heterocycles. The van der Waals surface area contributed by atoms with Gasteiger partial charge in [0.2, 0.25) is 10.0 Å². The fraction of sp³-hybridized carbons (Fsp3) is 0.462. The summed E-state index contributed by atoms with van der Waals surface area (Å²) in [4.78, 5) is 12.0. The van der Waals surface area contributed by atoms with Gasteiger partial charge < -0.3 is 15.8 Å². The Kier molecular flexibility index (Phi) is 6.44. The number of hydrogen-bond donors (Lipinski definition) is 3. The van der Waals surface area contributed by atoms with E-state index >= 15 is 0 Å². The average Bonchev–Trinajstić information content (AvgIpc) is 2.38. The van der Waals surface area contributed by atoms with Gasteiger partial charge in [-0.3, -0.25) is 4.79 Å². The van der Waals surface area contributed by atoms with Crippen LogP contribution in [0.2, 0.25) is 0 Å². The van der Waals surface area contributed by atoms with Gasteiger partial charge in [0.1, 0.15) is 5.75 Å². The maximum atomic E-state index is 12.0. The van der Waals surface area contributed by atoms with Crippen molar-refractivity contribution >= 4 is 21.6 Å². The van der Waals surface area contributed by atoms with Crippen LogP contribution in [0.3, 0.4) is 0 Å². The van der Waals surface area contributed by atoms with E-state index in [9.17, 15) is 13.2 Å². The summed E-state index contributed by atoms with van der Waals surface area (Å²) in [6, 6.07) is 4.69. The number of anilines is 1. The number of rotatable bonds is 8. The molecule has 118 valence electrons. The lowest BCUT2D eigenvalue weighted by Gasteiger charge is -2.09. The second-order valence-electron chi connectivity index (χ2n) is 4.30. The lowest BCUT2D eigenvalue weighted by molar-refractivity contribution is 0.0955. The summed E-state index contributed by atoms with van der Waals surface area (Å²) in [5.74, 6) is -0.0643. The van der Waals surface area contributed by atoms with Gasteiger partial charge in [0.05, 0.1) is 12.4 Å². The van der Waals surface area contributed by atoms with Gasteiger partial charge in [-0.05, 0) is 19.1 Å². The van der Waals surface area contributed by atoms with Gasteiger partial charge in [-0.2, -0.15) is 0 Å². The van der Waals surface area contributed by atoms with Gasteiger partial charge in [0, 0.05) is 30.4 Å². The molecule has 0 saturated carbocycles. The number of nitrogen functional groups attached to an aromatic ring is 1. The largest absolute Gasteiger partial charge is 0.494 e. The van der Waals surface area contributed by atoms with Crippen LogP contribution in [0.4, 0.5) is 5.69 Å². The predicted molar refractivity (Wildman–Crippen MR) is 81.8 cm³/mol. The van der Waals surface area contributed by atoms with E-state index in [1.54, 1.807) is 19.1 Å². The van der Waals surface area contributed by atoms with Crippen molar-refractivity contribution in [1.82, 2.24) is 10.0 Å². The molecule has 0 unspecified atom stereocenters. The molecular weight excluding hydrogens is 294 g/mol. The smallest absolute Gasteiger partial charge is 0.251 e. The lowest BCUT2D eigenvalue weighted by atomic mass is 10.2. The molecule has 1 rings (SSSR count). The molecule has 1 amide bonds. The highest BCUT2D eigenvalue weighted by Gasteiger charge is 2.11. The highest BCUT2D eigenvalue weighted by atomic mass is 32.2. The SMILES string of the molecule is CCNS(=O)(=O)CCNC(=O)c1cc(N)cc(OCC)c1. The van der Waals surface area contributed by atoms with E-state index in [-0.39, 0.29) is 12.3 Å². The molecule has 0 fully saturated rings. The van der Waals surface area contributed by atoms with E-state index in [0.717, 1.165) is 0 Å². The average molecular weight is 315 g/mol. The molecule has 0 aliphatic heterocycles. The maximum absolute atomic E-state index is 12.0. The van der Waals surface area contributed by atoms with Crippen LogP contribution >= 0.6 is 0 Å². The minimum atomic E-state index is -3.35. The number of nitrogens with two attached hydrogens (primary N) is 1. The normalized spacial score (nSPS) is 11.1. The minimum Gasteiger partial charge on any atom is -0.494 e. The molecule has 1 aromatic carbocycles. The van der Waals surface area contributed by atoms with Crippen LogP contribution in [0.25, 0.3) is 0 Å². The summed E-state index contributed by atoms with van der Waals surface area (Å²) in [7, 11) is -3.35. The number of sulfonamides is 1. The molecule has 0 radical (unpaired) electrons. The van der Waals surface area contributed by atoms with E-state index in [2.05, 4.69) is 10.0 Å². The van der Waals surface area contributed by atoms with Crippen molar-refractivity contribution in [2.75, 3.05) is 31.2 Å². The number of nitrogens with one attached hydrogen (secondary N) is 2. The Hall–Kier alpha value is -1.80. The summed E-state index contributed by atoms with van der Waals surface area (Å²) < 4.78 is 30.5. The molecule has 0 heterocycles. The molecular formula is C13H21N3O4S. The third-order valence-electron chi connectivity index (χ3n) is 2.52. The second-order valence-corrected chi connectivity index (χ2v) is 6.22. The molecule has 8 heteroatoms. The second kappa shape index (κ2) is 7.84. The zero-order valence-electron chi connectivity index (χ0n) is 12.2. The van der Waals surface area contributed by atoms with Crippen LogP contribution in [0.15, 0.2) is 18.2 Å². The van der Waals surface area contributed by atoms with Crippen molar-refractivity contribution in [3.8, 4) is 5.75 Å². The molecule has 21 heavy (non-hydrogen) atoms. The van der Waals surface area contributed by atoms with E-state index < -0.39 is 15.9 Å². The third-order valence-corrected chi connectivity index (χ3v) is 3.99. The standard InChI is InChI=1S/C13H21N3O4S/c1-3-16-21(18,19)6-5-15-13(17)10-7-11(14)9-12(8-10)20-4-2/h7-9,16H,3-6,14H2,1-2H3,(H,15,17). The summed E-state index contributed by atoms with van der Waals surface area (Å²) in [5, 5.41) is 2.54. The number of ether oxygens (including phenoxy) is 1. The first-order valence-corrected chi connectivity index (χ1v) is 8.32. The van der Waals surface area contributed by atoms with Crippen molar-refractivity contribution < 1.29 is 17.9 Å². The topological polar surface area (TPSA) is 111 Å². The fourth-order valence-corrected chi connectivity index (χ4v) is 2.65. The Balaban J connectivity index is 2.64. The Morgan fingerprint density at radius 1 is 1.29 bits per heavy atom. The van der Waals surface area contributed by atoms with Crippen molar-refractivity contribution in [2.45, 2.75) is 13.8 Å². The zero-order chi connectivity index (χ0) is 15.9. The Morgan fingerprint density at radius 3 is 2.62 bits per heavy atom. The first kappa shape index (κ1) is 17.3. The highest BCUT2D eigenvalue weighted by Crippen LogP contribution is 2.18. The molecule has 0 aromatic heterocycles. The fourth-order valence-electron chi connectivity index (χ4n) is 1.70. The number of benzene rings is 1. The molecule has 7 nitrogen and oxygen atoms in total. The minimum absolute atomic E-state index is 0.0208. The first-order valence-electron chi connectivity index (χ1n) is 6.67. The van der Waals surface area contributed by atoms with Crippen molar-refractivity contribution in [2.24, 2.45) is 0 Å². The maximum Gasteiger partial charge on any atom is 0.251 e. The van der Waals surface area contributed by atoms with Crippen LogP contribution in [0.5, 0.6) is 5.75 Å². The van der Waals surface area contributed by atoms with Gasteiger partial charge in [0.15, 0.2) is 0 Å². The molecule has 0 aliphatic rings. The molecule has 4 N–H and O–H groups in total. The molecule has 0 atom stereocenters. The highest BCUT2D eigenvalue weighted by molar-refractivity contribution is 7.89. The monoisotopic (exact) mass is 315 g/mol. The third kappa shape index (κ3) is 6.01. The number of amides is 1. The van der Waals surface area contributed by atoms with E-state index in [1.807, 2.05) is 6.92 Å². The number of carbonyl (C=O) groups is 1. The van der Waals surface area contributed by atoms with Gasteiger partial charge in [0.25, 0.3) is 5.91 Å². The van der Waals surface area contributed by atoms with Crippen LogP contribution < -0.4 is 20.5 Å². The van der Waals surface area contributed by atoms with Gasteiger partial charge in [-0.15, -0.1) is 0 Å². The van der Waals surface area contributed by atoms with Gasteiger partial charge >= 0.3 is 0 Å². The van der Waals surface area contributed by atoms with Crippen LogP contribution in [0, 0.1) is 0 Å². The lowest BCUT2D eigenvalue weighted by Crippen LogP contribution is -2.34. The van der Waals surface area contributed by atoms with Crippen LogP contribution in [-0.4, -0.2) is 39.8 Å².